The SMILES string of the molecule is CC(C)N(Cc1cc(NC(=O)C2CCC2)ccc1N(C)C)C(=O)C1CC1. The highest BCUT2D eigenvalue weighted by Gasteiger charge is 2.34. The molecule has 2 fully saturated rings. The van der Waals surface area contributed by atoms with Crippen LogP contribution in [0.15, 0.2) is 18.2 Å². The van der Waals surface area contributed by atoms with Crippen LogP contribution in [0.5, 0.6) is 0 Å². The Kier molecular flexibility index (Phi) is 5.54. The van der Waals surface area contributed by atoms with E-state index in [0.717, 1.165) is 49.0 Å². The summed E-state index contributed by atoms with van der Waals surface area (Å²) in [4.78, 5) is 29.0. The topological polar surface area (TPSA) is 52.7 Å². The van der Waals surface area contributed by atoms with Gasteiger partial charge in [0, 0.05) is 49.9 Å². The van der Waals surface area contributed by atoms with Gasteiger partial charge >= 0.3 is 0 Å². The molecule has 2 aliphatic carbocycles. The van der Waals surface area contributed by atoms with Crippen molar-refractivity contribution < 1.29 is 9.59 Å². The normalized spacial score (nSPS) is 17.0. The summed E-state index contributed by atoms with van der Waals surface area (Å²) in [6, 6.07) is 6.18. The molecule has 2 saturated carbocycles. The summed E-state index contributed by atoms with van der Waals surface area (Å²) >= 11 is 0. The van der Waals surface area contributed by atoms with E-state index in [1.165, 1.54) is 0 Å². The molecular formula is C21H31N3O2. The first-order valence-corrected chi connectivity index (χ1v) is 9.78. The maximum Gasteiger partial charge on any atom is 0.227 e. The van der Waals surface area contributed by atoms with Gasteiger partial charge in [-0.3, -0.25) is 9.59 Å². The molecular weight excluding hydrogens is 326 g/mol. The fourth-order valence-corrected chi connectivity index (χ4v) is 3.40. The monoisotopic (exact) mass is 357 g/mol. The van der Waals surface area contributed by atoms with Gasteiger partial charge in [0.1, 0.15) is 0 Å². The minimum atomic E-state index is 0.120. The lowest BCUT2D eigenvalue weighted by Gasteiger charge is -2.30. The number of rotatable bonds is 7. The van der Waals surface area contributed by atoms with Gasteiger partial charge < -0.3 is 15.1 Å². The van der Waals surface area contributed by atoms with Crippen LogP contribution in [0.4, 0.5) is 11.4 Å². The average molecular weight is 357 g/mol. The van der Waals surface area contributed by atoms with E-state index in [2.05, 4.69) is 24.1 Å². The molecule has 5 nitrogen and oxygen atoms in total. The van der Waals surface area contributed by atoms with Gasteiger partial charge in [0.05, 0.1) is 0 Å². The van der Waals surface area contributed by atoms with E-state index in [-0.39, 0.29) is 29.7 Å². The van der Waals surface area contributed by atoms with E-state index in [4.69, 9.17) is 0 Å². The molecule has 1 aromatic carbocycles. The fraction of sp³-hybridized carbons (Fsp3) is 0.619. The lowest BCUT2D eigenvalue weighted by atomic mass is 9.85. The van der Waals surface area contributed by atoms with Gasteiger partial charge in [0.15, 0.2) is 0 Å². The quantitative estimate of drug-likeness (QED) is 0.810. The first-order valence-electron chi connectivity index (χ1n) is 9.78. The predicted molar refractivity (Wildman–Crippen MR) is 105 cm³/mol. The molecule has 5 heteroatoms. The largest absolute Gasteiger partial charge is 0.377 e. The zero-order valence-corrected chi connectivity index (χ0v) is 16.4. The fourth-order valence-electron chi connectivity index (χ4n) is 3.40. The van der Waals surface area contributed by atoms with Gasteiger partial charge in [0.25, 0.3) is 0 Å². The third kappa shape index (κ3) is 4.19. The highest BCUT2D eigenvalue weighted by atomic mass is 16.2. The molecule has 142 valence electrons. The van der Waals surface area contributed by atoms with Crippen molar-refractivity contribution in [2.45, 2.75) is 58.5 Å². The van der Waals surface area contributed by atoms with Crippen LogP contribution in [0.2, 0.25) is 0 Å². The summed E-state index contributed by atoms with van der Waals surface area (Å²) in [7, 11) is 4.02. The average Bonchev–Trinajstić information content (AvgIpc) is 3.34. The minimum Gasteiger partial charge on any atom is -0.377 e. The Balaban J connectivity index is 1.80. The number of nitrogens with zero attached hydrogens (tertiary/aromatic N) is 2. The molecule has 0 unspecified atom stereocenters. The van der Waals surface area contributed by atoms with Crippen molar-refractivity contribution in [2.24, 2.45) is 11.8 Å². The number of hydrogen-bond donors (Lipinski definition) is 1. The Morgan fingerprint density at radius 1 is 1.12 bits per heavy atom. The smallest absolute Gasteiger partial charge is 0.227 e. The number of anilines is 2. The number of hydrogen-bond acceptors (Lipinski definition) is 3. The van der Waals surface area contributed by atoms with Gasteiger partial charge in [0.2, 0.25) is 11.8 Å². The Hall–Kier alpha value is -2.04. The molecule has 0 heterocycles. The maximum atomic E-state index is 12.7. The van der Waals surface area contributed by atoms with Crippen molar-refractivity contribution in [3.63, 3.8) is 0 Å². The van der Waals surface area contributed by atoms with E-state index >= 15 is 0 Å². The molecule has 0 saturated heterocycles. The maximum absolute atomic E-state index is 12.7. The number of carbonyl (C=O) groups excluding carboxylic acids is 2. The summed E-state index contributed by atoms with van der Waals surface area (Å²) in [6.45, 7) is 4.71. The molecule has 0 aliphatic heterocycles. The number of nitrogens with one attached hydrogen (secondary N) is 1. The Morgan fingerprint density at radius 2 is 1.81 bits per heavy atom. The summed E-state index contributed by atoms with van der Waals surface area (Å²) < 4.78 is 0. The zero-order chi connectivity index (χ0) is 18.8. The second-order valence-electron chi connectivity index (χ2n) is 8.19. The molecule has 0 radical (unpaired) electrons. The Bertz CT molecular complexity index is 676. The standard InChI is InChI=1S/C21H31N3O2/c1-14(2)24(21(26)16-8-9-16)13-17-12-18(10-11-19(17)23(3)4)22-20(25)15-6-5-7-15/h10-12,14-16H,5-9,13H2,1-4H3,(H,22,25). The first kappa shape index (κ1) is 18.7. The molecule has 0 spiro atoms. The number of carbonyl (C=O) groups is 2. The predicted octanol–water partition coefficient (Wildman–Crippen LogP) is 3.64. The van der Waals surface area contributed by atoms with Crippen molar-refractivity contribution >= 4 is 23.2 Å². The van der Waals surface area contributed by atoms with Crippen molar-refractivity contribution in [2.75, 3.05) is 24.3 Å². The molecule has 26 heavy (non-hydrogen) atoms. The van der Waals surface area contributed by atoms with Crippen LogP contribution < -0.4 is 10.2 Å². The van der Waals surface area contributed by atoms with E-state index in [1.54, 1.807) is 0 Å². The van der Waals surface area contributed by atoms with E-state index < -0.39 is 0 Å². The molecule has 1 N–H and O–H groups in total. The van der Waals surface area contributed by atoms with Crippen LogP contribution >= 0.6 is 0 Å². The van der Waals surface area contributed by atoms with Gasteiger partial charge in [-0.2, -0.15) is 0 Å². The molecule has 0 atom stereocenters. The van der Waals surface area contributed by atoms with Gasteiger partial charge in [-0.05, 0) is 63.3 Å². The van der Waals surface area contributed by atoms with Crippen molar-refractivity contribution in [1.82, 2.24) is 4.90 Å². The summed E-state index contributed by atoms with van der Waals surface area (Å²) in [6.07, 6.45) is 5.16. The van der Waals surface area contributed by atoms with Crippen molar-refractivity contribution in [3.05, 3.63) is 23.8 Å². The molecule has 2 amide bonds. The molecule has 1 aromatic rings. The third-order valence-electron chi connectivity index (χ3n) is 5.48. The van der Waals surface area contributed by atoms with Crippen LogP contribution in [0.3, 0.4) is 0 Å². The van der Waals surface area contributed by atoms with Crippen LogP contribution in [0, 0.1) is 11.8 Å². The molecule has 3 rings (SSSR count). The summed E-state index contributed by atoms with van der Waals surface area (Å²) in [5, 5.41) is 3.06. The van der Waals surface area contributed by atoms with Gasteiger partial charge in [-0.15, -0.1) is 0 Å². The lowest BCUT2D eigenvalue weighted by molar-refractivity contribution is -0.135. The van der Waals surface area contributed by atoms with E-state index in [9.17, 15) is 9.59 Å². The van der Waals surface area contributed by atoms with Crippen LogP contribution in [-0.2, 0) is 16.1 Å². The highest BCUT2D eigenvalue weighted by Crippen LogP contribution is 2.34. The lowest BCUT2D eigenvalue weighted by Crippen LogP contribution is -2.37. The van der Waals surface area contributed by atoms with Crippen molar-refractivity contribution in [3.8, 4) is 0 Å². The summed E-state index contributed by atoms with van der Waals surface area (Å²) in [5.74, 6) is 0.750. The van der Waals surface area contributed by atoms with E-state index in [0.29, 0.717) is 6.54 Å². The van der Waals surface area contributed by atoms with E-state index in [1.807, 2.05) is 37.2 Å². The van der Waals surface area contributed by atoms with Gasteiger partial charge in [-0.25, -0.2) is 0 Å². The minimum absolute atomic E-state index is 0.120. The van der Waals surface area contributed by atoms with Crippen LogP contribution in [-0.4, -0.2) is 36.9 Å². The number of benzene rings is 1. The molecule has 0 bridgehead atoms. The van der Waals surface area contributed by atoms with Crippen LogP contribution in [0.1, 0.15) is 51.5 Å². The van der Waals surface area contributed by atoms with Crippen molar-refractivity contribution in [1.29, 1.82) is 0 Å². The third-order valence-corrected chi connectivity index (χ3v) is 5.48. The molecule has 2 aliphatic rings. The first-order chi connectivity index (χ1) is 12.4. The highest BCUT2D eigenvalue weighted by molar-refractivity contribution is 5.93. The Labute approximate surface area is 156 Å². The summed E-state index contributed by atoms with van der Waals surface area (Å²) in [5.41, 5.74) is 2.98. The van der Waals surface area contributed by atoms with Gasteiger partial charge in [-0.1, -0.05) is 6.42 Å². The Morgan fingerprint density at radius 3 is 2.31 bits per heavy atom. The zero-order valence-electron chi connectivity index (χ0n) is 16.4. The van der Waals surface area contributed by atoms with Crippen LogP contribution in [0.25, 0.3) is 0 Å². The second kappa shape index (κ2) is 7.68. The molecule has 0 aromatic heterocycles. The second-order valence-corrected chi connectivity index (χ2v) is 8.19. The number of amides is 2.